The number of hydrogen-bond donors (Lipinski definition) is 1. The van der Waals surface area contributed by atoms with Gasteiger partial charge in [-0.3, -0.25) is 9.89 Å². The molecule has 0 unspecified atom stereocenters. The van der Waals surface area contributed by atoms with Gasteiger partial charge in [-0.25, -0.2) is 0 Å². The van der Waals surface area contributed by atoms with Gasteiger partial charge in [0.25, 0.3) is 0 Å². The second-order valence-corrected chi connectivity index (χ2v) is 7.61. The first-order valence-corrected chi connectivity index (χ1v) is 10.1. The average Bonchev–Trinajstić information content (AvgIpc) is 2.86. The molecule has 0 fully saturated rings. The smallest absolute Gasteiger partial charge is 0.0865 e. The van der Waals surface area contributed by atoms with Crippen LogP contribution in [0.1, 0.15) is 30.9 Å². The van der Waals surface area contributed by atoms with E-state index in [4.69, 9.17) is 0 Å². The van der Waals surface area contributed by atoms with Crippen LogP contribution in [0.5, 0.6) is 0 Å². The van der Waals surface area contributed by atoms with Crippen molar-refractivity contribution in [1.29, 1.82) is 0 Å². The number of nitrogens with zero attached hydrogens (tertiary/aromatic N) is 2. The molecule has 1 aliphatic rings. The van der Waals surface area contributed by atoms with Crippen molar-refractivity contribution >= 4 is 29.9 Å². The molecule has 0 aliphatic carbocycles. The summed E-state index contributed by atoms with van der Waals surface area (Å²) in [5.41, 5.74) is 4.95. The van der Waals surface area contributed by atoms with Gasteiger partial charge in [0.05, 0.1) is 18.0 Å². The Labute approximate surface area is 155 Å². The van der Waals surface area contributed by atoms with E-state index in [9.17, 15) is 0 Å². The molecule has 0 amide bonds. The van der Waals surface area contributed by atoms with E-state index in [0.29, 0.717) is 0 Å². The van der Waals surface area contributed by atoms with Crippen molar-refractivity contribution in [3.8, 4) is 0 Å². The Morgan fingerprint density at radius 2 is 2.04 bits per heavy atom. The van der Waals surface area contributed by atoms with Gasteiger partial charge in [-0.2, -0.15) is 0 Å². The Bertz CT molecular complexity index is 714. The molecule has 4 heteroatoms. The van der Waals surface area contributed by atoms with Crippen LogP contribution in [-0.2, 0) is 13.0 Å². The van der Waals surface area contributed by atoms with Gasteiger partial charge >= 0.3 is 0 Å². The highest BCUT2D eigenvalue weighted by molar-refractivity contribution is 7.99. The van der Waals surface area contributed by atoms with Gasteiger partial charge in [-0.1, -0.05) is 31.2 Å². The minimum absolute atomic E-state index is 0.832. The molecule has 1 aliphatic heterocycles. The molecule has 2 aromatic carbocycles. The fraction of sp³-hybridized carbons (Fsp3) is 0.381. The molecule has 0 radical (unpaired) electrons. The van der Waals surface area contributed by atoms with Crippen LogP contribution in [0.2, 0.25) is 0 Å². The van der Waals surface area contributed by atoms with Crippen LogP contribution in [0.15, 0.2) is 52.4 Å². The summed E-state index contributed by atoms with van der Waals surface area (Å²) in [5.74, 6) is 1.14. The van der Waals surface area contributed by atoms with Crippen LogP contribution < -0.4 is 5.32 Å². The molecular formula is C21H27N3S. The molecule has 0 saturated heterocycles. The van der Waals surface area contributed by atoms with E-state index in [1.165, 1.54) is 35.3 Å². The minimum atomic E-state index is 0.832. The summed E-state index contributed by atoms with van der Waals surface area (Å²) in [6.07, 6.45) is 3.56. The van der Waals surface area contributed by atoms with E-state index in [2.05, 4.69) is 71.3 Å². The van der Waals surface area contributed by atoms with Gasteiger partial charge in [0.2, 0.25) is 0 Å². The Hall–Kier alpha value is -1.78. The Balaban J connectivity index is 1.64. The predicted molar refractivity (Wildman–Crippen MR) is 110 cm³/mol. The van der Waals surface area contributed by atoms with Crippen molar-refractivity contribution in [3.63, 3.8) is 0 Å². The largest absolute Gasteiger partial charge is 0.371 e. The molecular weight excluding hydrogens is 326 g/mol. The molecule has 0 aromatic heterocycles. The van der Waals surface area contributed by atoms with Crippen LogP contribution in [0, 0.1) is 0 Å². The van der Waals surface area contributed by atoms with Crippen molar-refractivity contribution in [1.82, 2.24) is 4.90 Å². The molecule has 0 atom stereocenters. The number of nitrogens with one attached hydrogen (secondary N) is 1. The molecule has 1 N–H and O–H groups in total. The highest BCUT2D eigenvalue weighted by Crippen LogP contribution is 2.31. The zero-order valence-electron chi connectivity index (χ0n) is 15.0. The van der Waals surface area contributed by atoms with Crippen LogP contribution >= 0.6 is 11.8 Å². The maximum atomic E-state index is 4.21. The van der Waals surface area contributed by atoms with Gasteiger partial charge in [0.1, 0.15) is 0 Å². The van der Waals surface area contributed by atoms with Gasteiger partial charge in [0.15, 0.2) is 0 Å². The third-order valence-corrected chi connectivity index (χ3v) is 5.74. The van der Waals surface area contributed by atoms with Crippen LogP contribution in [0.25, 0.3) is 0 Å². The van der Waals surface area contributed by atoms with Gasteiger partial charge in [-0.05, 0) is 61.1 Å². The summed E-state index contributed by atoms with van der Waals surface area (Å²) >= 11 is 1.87. The standard InChI is InChI=1S/C21H27N3S/c1-3-13-25-19-10-11-20(21(14-19)22-2)23-16-24-12-6-9-17-7-4-5-8-18(17)15-24/h4-5,7-8,10-11,14,23H,2-3,6,9,12-13,15-16H2,1H3. The number of aliphatic imine (C=N–C) groups is 1. The van der Waals surface area contributed by atoms with E-state index in [0.717, 1.165) is 36.9 Å². The number of anilines is 1. The van der Waals surface area contributed by atoms with E-state index < -0.39 is 0 Å². The third kappa shape index (κ3) is 4.86. The van der Waals surface area contributed by atoms with E-state index in [1.807, 2.05) is 11.8 Å². The Morgan fingerprint density at radius 3 is 2.84 bits per heavy atom. The lowest BCUT2D eigenvalue weighted by Gasteiger charge is -2.22. The van der Waals surface area contributed by atoms with Gasteiger partial charge in [0, 0.05) is 18.0 Å². The van der Waals surface area contributed by atoms with Crippen molar-refractivity contribution < 1.29 is 0 Å². The molecule has 2 aromatic rings. The molecule has 132 valence electrons. The number of benzene rings is 2. The molecule has 0 spiro atoms. The molecule has 0 saturated carbocycles. The maximum Gasteiger partial charge on any atom is 0.0865 e. The maximum absolute atomic E-state index is 4.21. The summed E-state index contributed by atoms with van der Waals surface area (Å²) in [4.78, 5) is 7.95. The topological polar surface area (TPSA) is 27.6 Å². The number of rotatable bonds is 7. The minimum Gasteiger partial charge on any atom is -0.371 e. The number of hydrogen-bond acceptors (Lipinski definition) is 4. The predicted octanol–water partition coefficient (Wildman–Crippen LogP) is 5.34. The lowest BCUT2D eigenvalue weighted by atomic mass is 10.0. The van der Waals surface area contributed by atoms with Gasteiger partial charge < -0.3 is 5.32 Å². The fourth-order valence-corrected chi connectivity index (χ4v) is 4.00. The fourth-order valence-electron chi connectivity index (χ4n) is 3.20. The SMILES string of the molecule is C=Nc1cc(SCCC)ccc1NCN1CCCc2ccccc2C1. The summed E-state index contributed by atoms with van der Waals surface area (Å²) in [7, 11) is 0. The second-order valence-electron chi connectivity index (χ2n) is 6.45. The molecule has 3 rings (SSSR count). The highest BCUT2D eigenvalue weighted by atomic mass is 32.2. The Morgan fingerprint density at radius 1 is 1.20 bits per heavy atom. The van der Waals surface area contributed by atoms with Crippen molar-refractivity contribution in [2.24, 2.45) is 4.99 Å². The summed E-state index contributed by atoms with van der Waals surface area (Å²) in [5, 5.41) is 3.56. The number of fused-ring (bicyclic) bond motifs is 1. The monoisotopic (exact) mass is 353 g/mol. The second kappa shape index (κ2) is 9.07. The summed E-state index contributed by atoms with van der Waals surface area (Å²) in [6.45, 7) is 8.89. The third-order valence-electron chi connectivity index (χ3n) is 4.54. The Kier molecular flexibility index (Phi) is 6.54. The first-order chi connectivity index (χ1) is 12.3. The lowest BCUT2D eigenvalue weighted by Crippen LogP contribution is -2.29. The average molecular weight is 354 g/mol. The van der Waals surface area contributed by atoms with Crippen molar-refractivity contribution in [3.05, 3.63) is 53.6 Å². The zero-order chi connectivity index (χ0) is 17.5. The van der Waals surface area contributed by atoms with Gasteiger partial charge in [-0.15, -0.1) is 11.8 Å². The lowest BCUT2D eigenvalue weighted by molar-refractivity contribution is 0.289. The first kappa shape index (κ1) is 18.0. The number of aryl methyl sites for hydroxylation is 1. The summed E-state index contributed by atoms with van der Waals surface area (Å²) in [6, 6.07) is 15.2. The van der Waals surface area contributed by atoms with Crippen LogP contribution in [0.4, 0.5) is 11.4 Å². The first-order valence-electron chi connectivity index (χ1n) is 9.06. The van der Waals surface area contributed by atoms with Crippen LogP contribution in [-0.4, -0.2) is 30.6 Å². The van der Waals surface area contributed by atoms with Crippen molar-refractivity contribution in [2.75, 3.05) is 24.3 Å². The normalized spacial score (nSPS) is 14.6. The molecule has 1 heterocycles. The van der Waals surface area contributed by atoms with E-state index in [-0.39, 0.29) is 0 Å². The molecule has 3 nitrogen and oxygen atoms in total. The van der Waals surface area contributed by atoms with E-state index >= 15 is 0 Å². The molecule has 0 bridgehead atoms. The number of thioether (sulfide) groups is 1. The quantitative estimate of drug-likeness (QED) is 0.538. The van der Waals surface area contributed by atoms with Crippen molar-refractivity contribution in [2.45, 2.75) is 37.6 Å². The summed E-state index contributed by atoms with van der Waals surface area (Å²) < 4.78 is 0. The highest BCUT2D eigenvalue weighted by Gasteiger charge is 2.14. The molecule has 25 heavy (non-hydrogen) atoms. The van der Waals surface area contributed by atoms with E-state index in [1.54, 1.807) is 0 Å². The van der Waals surface area contributed by atoms with Crippen LogP contribution in [0.3, 0.4) is 0 Å². The zero-order valence-corrected chi connectivity index (χ0v) is 15.8.